The number of esters is 1. The lowest BCUT2D eigenvalue weighted by Gasteiger charge is -2.22. The minimum absolute atomic E-state index is 0.130. The molecular formula is C33H26BrNO4. The summed E-state index contributed by atoms with van der Waals surface area (Å²) in [4.78, 5) is 45.1. The fraction of sp³-hybridized carbons (Fsp3) is 0.182. The highest BCUT2D eigenvalue weighted by atomic mass is 79.9. The predicted octanol–water partition coefficient (Wildman–Crippen LogP) is 6.25. The van der Waals surface area contributed by atoms with E-state index in [1.807, 2.05) is 84.9 Å². The number of rotatable bonds is 7. The molecule has 1 fully saturated rings. The number of benzene rings is 4. The second-order valence-electron chi connectivity index (χ2n) is 9.90. The van der Waals surface area contributed by atoms with E-state index in [9.17, 15) is 14.4 Å². The van der Waals surface area contributed by atoms with Crippen molar-refractivity contribution in [3.8, 4) is 0 Å². The molecule has 1 heterocycles. The summed E-state index contributed by atoms with van der Waals surface area (Å²) in [5, 5.41) is 0. The van der Waals surface area contributed by atoms with Crippen molar-refractivity contribution in [2.75, 3.05) is 11.5 Å². The first-order valence-corrected chi connectivity index (χ1v) is 13.7. The van der Waals surface area contributed by atoms with E-state index in [1.165, 1.54) is 0 Å². The van der Waals surface area contributed by atoms with Crippen molar-refractivity contribution in [2.45, 2.75) is 24.3 Å². The Bertz CT molecular complexity index is 1570. The van der Waals surface area contributed by atoms with E-state index >= 15 is 0 Å². The van der Waals surface area contributed by atoms with Crippen molar-refractivity contribution < 1.29 is 19.1 Å². The number of anilines is 1. The maximum atomic E-state index is 14.9. The van der Waals surface area contributed by atoms with E-state index < -0.39 is 22.7 Å². The Labute approximate surface area is 235 Å². The number of ether oxygens (including phenoxy) is 1. The molecule has 4 aromatic rings. The van der Waals surface area contributed by atoms with Crippen LogP contribution in [0.5, 0.6) is 0 Å². The molecule has 0 N–H and O–H groups in total. The van der Waals surface area contributed by atoms with Crippen molar-refractivity contribution in [1.29, 1.82) is 0 Å². The third-order valence-corrected chi connectivity index (χ3v) is 8.49. The molecule has 1 aliphatic heterocycles. The van der Waals surface area contributed by atoms with Crippen LogP contribution in [-0.2, 0) is 31.7 Å². The Balaban J connectivity index is 1.63. The maximum Gasteiger partial charge on any atom is 0.318 e. The van der Waals surface area contributed by atoms with E-state index in [2.05, 4.69) is 15.9 Å². The first-order chi connectivity index (χ1) is 19.0. The summed E-state index contributed by atoms with van der Waals surface area (Å²) in [5.41, 5.74) is 0.394. The van der Waals surface area contributed by atoms with Gasteiger partial charge in [-0.05, 0) is 35.7 Å². The average Bonchev–Trinajstić information content (AvgIpc) is 3.56. The molecule has 4 aromatic carbocycles. The van der Waals surface area contributed by atoms with Gasteiger partial charge in [0.2, 0.25) is 5.91 Å². The molecule has 5 nitrogen and oxygen atoms in total. The van der Waals surface area contributed by atoms with Crippen LogP contribution in [0.2, 0.25) is 0 Å². The molecule has 39 heavy (non-hydrogen) atoms. The van der Waals surface area contributed by atoms with Gasteiger partial charge in [0.15, 0.2) is 5.78 Å². The van der Waals surface area contributed by atoms with Gasteiger partial charge in [-0.1, -0.05) is 113 Å². The number of Topliss-reactive ketones (excluding diaryl/α,β-unsaturated/α-hetero) is 1. The van der Waals surface area contributed by atoms with Gasteiger partial charge in [0.05, 0.1) is 19.1 Å². The summed E-state index contributed by atoms with van der Waals surface area (Å²) in [6.45, 7) is 2.18. The zero-order chi connectivity index (χ0) is 27.2. The fourth-order valence-electron chi connectivity index (χ4n) is 6.46. The normalized spacial score (nSPS) is 23.0. The zero-order valence-corrected chi connectivity index (χ0v) is 22.9. The number of carbonyl (C=O) groups is 3. The van der Waals surface area contributed by atoms with Gasteiger partial charge in [-0.25, -0.2) is 0 Å². The van der Waals surface area contributed by atoms with Gasteiger partial charge < -0.3 is 9.64 Å². The third-order valence-electron chi connectivity index (χ3n) is 7.99. The number of hydrogen-bond donors (Lipinski definition) is 0. The topological polar surface area (TPSA) is 63.7 Å². The van der Waals surface area contributed by atoms with Gasteiger partial charge in [0.1, 0.15) is 10.8 Å². The molecule has 1 unspecified atom stereocenters. The van der Waals surface area contributed by atoms with Gasteiger partial charge in [0.25, 0.3) is 0 Å². The summed E-state index contributed by atoms with van der Waals surface area (Å²) in [5.74, 6) is -2.06. The Morgan fingerprint density at radius 3 is 2.13 bits per heavy atom. The quantitative estimate of drug-likeness (QED) is 0.192. The van der Waals surface area contributed by atoms with Gasteiger partial charge in [-0.2, -0.15) is 0 Å². The number of halogens is 1. The van der Waals surface area contributed by atoms with Crippen LogP contribution < -0.4 is 4.90 Å². The van der Waals surface area contributed by atoms with E-state index in [4.69, 9.17) is 4.74 Å². The summed E-state index contributed by atoms with van der Waals surface area (Å²) >= 11 is 3.57. The maximum absolute atomic E-state index is 14.9. The molecule has 194 valence electrons. The number of amides is 1. The minimum atomic E-state index is -1.51. The first kappa shape index (κ1) is 25.3. The lowest BCUT2D eigenvalue weighted by molar-refractivity contribution is -0.148. The van der Waals surface area contributed by atoms with Crippen LogP contribution in [0.4, 0.5) is 5.69 Å². The van der Waals surface area contributed by atoms with Gasteiger partial charge >= 0.3 is 5.97 Å². The molecule has 0 bridgehead atoms. The Kier molecular flexibility index (Phi) is 6.23. The van der Waals surface area contributed by atoms with Crippen molar-refractivity contribution in [3.05, 3.63) is 136 Å². The van der Waals surface area contributed by atoms with E-state index in [0.717, 1.165) is 10.0 Å². The number of nitrogens with zero attached hydrogens (tertiary/aromatic N) is 1. The molecule has 1 saturated carbocycles. The van der Waals surface area contributed by atoms with Crippen LogP contribution in [0.3, 0.4) is 0 Å². The average molecular weight is 580 g/mol. The summed E-state index contributed by atoms with van der Waals surface area (Å²) in [6.07, 6.45) is 0. The van der Waals surface area contributed by atoms with E-state index in [-0.39, 0.29) is 18.3 Å². The lowest BCUT2D eigenvalue weighted by atomic mass is 9.82. The van der Waals surface area contributed by atoms with Crippen LogP contribution in [0.25, 0.3) is 0 Å². The van der Waals surface area contributed by atoms with E-state index in [0.29, 0.717) is 28.9 Å². The molecule has 0 radical (unpaired) electrons. The number of fused-ring (bicyclic) bond motifs is 2. The number of hydrogen-bond acceptors (Lipinski definition) is 4. The van der Waals surface area contributed by atoms with Crippen LogP contribution >= 0.6 is 15.9 Å². The van der Waals surface area contributed by atoms with Gasteiger partial charge in [-0.3, -0.25) is 14.4 Å². The fourth-order valence-corrected chi connectivity index (χ4v) is 6.81. The van der Waals surface area contributed by atoms with Crippen LogP contribution in [0.15, 0.2) is 114 Å². The lowest BCUT2D eigenvalue weighted by Crippen LogP contribution is -2.40. The molecule has 3 atom stereocenters. The predicted molar refractivity (Wildman–Crippen MR) is 152 cm³/mol. The molecular weight excluding hydrogens is 554 g/mol. The van der Waals surface area contributed by atoms with Crippen molar-refractivity contribution >= 4 is 39.3 Å². The number of ketones is 1. The second kappa shape index (κ2) is 9.62. The molecule has 6 rings (SSSR count). The number of carbonyl (C=O) groups excluding carboxylic acids is 3. The Morgan fingerprint density at radius 2 is 1.49 bits per heavy atom. The zero-order valence-electron chi connectivity index (χ0n) is 21.3. The highest BCUT2D eigenvalue weighted by Gasteiger charge is 2.90. The van der Waals surface area contributed by atoms with Crippen LogP contribution in [0, 0.1) is 5.92 Å². The van der Waals surface area contributed by atoms with Gasteiger partial charge in [0, 0.05) is 15.7 Å². The molecule has 1 amide bonds. The summed E-state index contributed by atoms with van der Waals surface area (Å²) in [7, 11) is 0. The summed E-state index contributed by atoms with van der Waals surface area (Å²) in [6, 6.07) is 33.4. The van der Waals surface area contributed by atoms with Crippen molar-refractivity contribution in [3.63, 3.8) is 0 Å². The monoisotopic (exact) mass is 579 g/mol. The first-order valence-electron chi connectivity index (χ1n) is 13.0. The second-order valence-corrected chi connectivity index (χ2v) is 10.8. The van der Waals surface area contributed by atoms with Crippen LogP contribution in [-0.4, -0.2) is 24.3 Å². The standard InChI is InChI=1S/C33H26BrNO4/c1-2-39-31(38)32(24-16-10-5-11-17-24)29(28(36)23-14-8-4-9-15-23)33(32)26-19-18-25(34)20-27(26)35(30(33)37)21-22-12-6-3-7-13-22/h3-20,29H,2,21H2,1H3/t29-,32+,33?/m1/s1. The SMILES string of the molecule is CCOC(=O)[C@]1(c2ccccc2)[C@@H](C(=O)c2ccccc2)C12C(=O)N(Cc1ccccc1)c1cc(Br)ccc12. The largest absolute Gasteiger partial charge is 0.465 e. The summed E-state index contributed by atoms with van der Waals surface area (Å²) < 4.78 is 6.50. The minimum Gasteiger partial charge on any atom is -0.465 e. The molecule has 6 heteroatoms. The highest BCUT2D eigenvalue weighted by Crippen LogP contribution is 2.75. The van der Waals surface area contributed by atoms with Gasteiger partial charge in [-0.15, -0.1) is 0 Å². The Hall–Kier alpha value is -4.03. The molecule has 0 saturated heterocycles. The Morgan fingerprint density at radius 1 is 0.872 bits per heavy atom. The third kappa shape index (κ3) is 3.54. The molecule has 1 spiro atoms. The molecule has 2 aliphatic rings. The smallest absolute Gasteiger partial charge is 0.318 e. The molecule has 0 aromatic heterocycles. The molecule has 1 aliphatic carbocycles. The highest BCUT2D eigenvalue weighted by molar-refractivity contribution is 9.10. The van der Waals surface area contributed by atoms with Crippen molar-refractivity contribution in [1.82, 2.24) is 0 Å². The van der Waals surface area contributed by atoms with E-state index in [1.54, 1.807) is 36.1 Å². The van der Waals surface area contributed by atoms with Crippen molar-refractivity contribution in [2.24, 2.45) is 5.92 Å². The van der Waals surface area contributed by atoms with Crippen LogP contribution in [0.1, 0.15) is 34.0 Å².